The van der Waals surface area contributed by atoms with Gasteiger partial charge in [-0.2, -0.15) is 0 Å². The second-order valence-electron chi connectivity index (χ2n) is 4.89. The third-order valence-electron chi connectivity index (χ3n) is 3.31. The molecule has 2 aromatic carbocycles. The number of carbonyl (C=O) groups excluding carboxylic acids is 1. The van der Waals surface area contributed by atoms with Crippen molar-refractivity contribution in [1.29, 1.82) is 0 Å². The van der Waals surface area contributed by atoms with Gasteiger partial charge in [-0.25, -0.2) is 4.98 Å². The van der Waals surface area contributed by atoms with E-state index in [0.717, 1.165) is 22.2 Å². The van der Waals surface area contributed by atoms with Crippen LogP contribution in [0.2, 0.25) is 0 Å². The van der Waals surface area contributed by atoms with Gasteiger partial charge >= 0.3 is 0 Å². The Kier molecular flexibility index (Phi) is 3.97. The van der Waals surface area contributed by atoms with Crippen LogP contribution in [-0.2, 0) is 17.6 Å². The first-order valence-electron chi connectivity index (χ1n) is 6.98. The first-order chi connectivity index (χ1) is 10.2. The summed E-state index contributed by atoms with van der Waals surface area (Å²) in [5, 5.41) is 3.55. The molecule has 1 aromatic heterocycles. The van der Waals surface area contributed by atoms with Gasteiger partial charge in [0, 0.05) is 0 Å². The third-order valence-corrected chi connectivity index (χ3v) is 4.25. The van der Waals surface area contributed by atoms with Crippen molar-refractivity contribution < 1.29 is 4.79 Å². The number of hydrogen-bond donors (Lipinski definition) is 1. The van der Waals surface area contributed by atoms with Gasteiger partial charge in [0.1, 0.15) is 0 Å². The number of benzene rings is 2. The number of amides is 1. The molecule has 0 aliphatic heterocycles. The molecule has 0 bridgehead atoms. The van der Waals surface area contributed by atoms with Gasteiger partial charge < -0.3 is 5.32 Å². The lowest BCUT2D eigenvalue weighted by Gasteiger charge is -2.01. The van der Waals surface area contributed by atoms with Crippen LogP contribution in [0.3, 0.4) is 0 Å². The molecule has 0 unspecified atom stereocenters. The fourth-order valence-corrected chi connectivity index (χ4v) is 3.13. The number of carbonyl (C=O) groups is 1. The predicted molar refractivity (Wildman–Crippen MR) is 87.8 cm³/mol. The molecule has 0 aliphatic carbocycles. The second kappa shape index (κ2) is 6.06. The van der Waals surface area contributed by atoms with Crippen molar-refractivity contribution in [3.63, 3.8) is 0 Å². The number of aromatic nitrogens is 1. The van der Waals surface area contributed by atoms with E-state index in [-0.39, 0.29) is 5.91 Å². The van der Waals surface area contributed by atoms with Crippen molar-refractivity contribution in [2.24, 2.45) is 0 Å². The summed E-state index contributed by atoms with van der Waals surface area (Å²) in [5.41, 5.74) is 3.23. The maximum Gasteiger partial charge on any atom is 0.230 e. The van der Waals surface area contributed by atoms with Crippen molar-refractivity contribution in [2.45, 2.75) is 19.8 Å². The number of fused-ring (bicyclic) bond motifs is 1. The van der Waals surface area contributed by atoms with Crippen molar-refractivity contribution in [2.75, 3.05) is 5.32 Å². The Balaban J connectivity index is 1.74. The number of aryl methyl sites for hydroxylation is 1. The molecule has 0 saturated carbocycles. The van der Waals surface area contributed by atoms with Crippen LogP contribution in [0.25, 0.3) is 10.2 Å². The molecule has 1 amide bonds. The number of anilines is 1. The van der Waals surface area contributed by atoms with Crippen LogP contribution < -0.4 is 5.32 Å². The van der Waals surface area contributed by atoms with Crippen LogP contribution in [0.15, 0.2) is 48.5 Å². The maximum atomic E-state index is 12.0. The molecule has 3 nitrogen and oxygen atoms in total. The summed E-state index contributed by atoms with van der Waals surface area (Å²) in [6.07, 6.45) is 1.38. The van der Waals surface area contributed by atoms with Crippen molar-refractivity contribution in [3.8, 4) is 0 Å². The summed E-state index contributed by atoms with van der Waals surface area (Å²) in [5.74, 6) is -0.0315. The van der Waals surface area contributed by atoms with E-state index in [2.05, 4.69) is 29.4 Å². The van der Waals surface area contributed by atoms with Gasteiger partial charge in [0.05, 0.1) is 16.6 Å². The third kappa shape index (κ3) is 3.28. The molecule has 106 valence electrons. The van der Waals surface area contributed by atoms with Gasteiger partial charge in [-0.05, 0) is 29.7 Å². The van der Waals surface area contributed by atoms with Gasteiger partial charge in [-0.15, -0.1) is 0 Å². The van der Waals surface area contributed by atoms with E-state index in [9.17, 15) is 4.79 Å². The highest BCUT2D eigenvalue weighted by molar-refractivity contribution is 7.22. The second-order valence-corrected chi connectivity index (χ2v) is 5.92. The first-order valence-corrected chi connectivity index (χ1v) is 7.79. The standard InChI is InChI=1S/C17H16N2OS/c1-2-12-8-9-14-15(10-12)21-17(18-14)19-16(20)11-13-6-4-3-5-7-13/h3-10H,2,11H2,1H3,(H,18,19,20). The normalized spacial score (nSPS) is 10.7. The van der Waals surface area contributed by atoms with Crippen LogP contribution in [0.5, 0.6) is 0 Å². The highest BCUT2D eigenvalue weighted by Crippen LogP contribution is 2.27. The van der Waals surface area contributed by atoms with Crippen LogP contribution >= 0.6 is 11.3 Å². The zero-order chi connectivity index (χ0) is 14.7. The summed E-state index contributed by atoms with van der Waals surface area (Å²) >= 11 is 1.52. The summed E-state index contributed by atoms with van der Waals surface area (Å²) in [7, 11) is 0. The lowest BCUT2D eigenvalue weighted by molar-refractivity contribution is -0.115. The average Bonchev–Trinajstić information content (AvgIpc) is 2.89. The molecular weight excluding hydrogens is 280 g/mol. The van der Waals surface area contributed by atoms with Crippen molar-refractivity contribution in [1.82, 2.24) is 4.98 Å². The monoisotopic (exact) mass is 296 g/mol. The molecular formula is C17H16N2OS. The zero-order valence-corrected chi connectivity index (χ0v) is 12.6. The molecule has 0 radical (unpaired) electrons. The highest BCUT2D eigenvalue weighted by atomic mass is 32.1. The lowest BCUT2D eigenvalue weighted by Crippen LogP contribution is -2.13. The van der Waals surface area contributed by atoms with Crippen LogP contribution in [0, 0.1) is 0 Å². The minimum absolute atomic E-state index is 0.0315. The van der Waals surface area contributed by atoms with Crippen molar-refractivity contribution >= 4 is 32.6 Å². The Morgan fingerprint density at radius 2 is 1.95 bits per heavy atom. The minimum atomic E-state index is -0.0315. The molecule has 1 heterocycles. The van der Waals surface area contributed by atoms with Crippen LogP contribution in [0.4, 0.5) is 5.13 Å². The smallest absolute Gasteiger partial charge is 0.230 e. The van der Waals surface area contributed by atoms with Gasteiger partial charge in [0.15, 0.2) is 5.13 Å². The van der Waals surface area contributed by atoms with E-state index < -0.39 is 0 Å². The molecule has 21 heavy (non-hydrogen) atoms. The van der Waals surface area contributed by atoms with E-state index >= 15 is 0 Å². The Hall–Kier alpha value is -2.20. The molecule has 3 rings (SSSR count). The minimum Gasteiger partial charge on any atom is -0.302 e. The first kappa shape index (κ1) is 13.8. The molecule has 4 heteroatoms. The predicted octanol–water partition coefficient (Wildman–Crippen LogP) is 4.04. The number of nitrogens with one attached hydrogen (secondary N) is 1. The van der Waals surface area contributed by atoms with Crippen molar-refractivity contribution in [3.05, 3.63) is 59.7 Å². The van der Waals surface area contributed by atoms with Crippen LogP contribution in [0.1, 0.15) is 18.1 Å². The number of thiazole rings is 1. The summed E-state index contributed by atoms with van der Waals surface area (Å²) in [4.78, 5) is 16.5. The molecule has 0 atom stereocenters. The Morgan fingerprint density at radius 1 is 1.14 bits per heavy atom. The molecule has 1 N–H and O–H groups in total. The number of nitrogens with zero attached hydrogens (tertiary/aromatic N) is 1. The molecule has 0 aliphatic rings. The largest absolute Gasteiger partial charge is 0.302 e. The fourth-order valence-electron chi connectivity index (χ4n) is 2.19. The van der Waals surface area contributed by atoms with E-state index in [0.29, 0.717) is 11.6 Å². The Bertz CT molecular complexity index is 765. The molecule has 0 saturated heterocycles. The number of rotatable bonds is 4. The Labute approximate surface area is 127 Å². The SMILES string of the molecule is CCc1ccc2nc(NC(=O)Cc3ccccc3)sc2c1. The van der Waals surface area contributed by atoms with Crippen LogP contribution in [-0.4, -0.2) is 10.9 Å². The van der Waals surface area contributed by atoms with E-state index in [1.165, 1.54) is 16.9 Å². The van der Waals surface area contributed by atoms with E-state index in [1.807, 2.05) is 36.4 Å². The molecule has 3 aromatic rings. The quantitative estimate of drug-likeness (QED) is 0.789. The summed E-state index contributed by atoms with van der Waals surface area (Å²) in [6.45, 7) is 2.13. The number of hydrogen-bond acceptors (Lipinski definition) is 3. The van der Waals surface area contributed by atoms with Gasteiger partial charge in [-0.3, -0.25) is 4.79 Å². The highest BCUT2D eigenvalue weighted by Gasteiger charge is 2.08. The van der Waals surface area contributed by atoms with E-state index in [4.69, 9.17) is 0 Å². The van der Waals surface area contributed by atoms with E-state index in [1.54, 1.807) is 0 Å². The average molecular weight is 296 g/mol. The molecule has 0 spiro atoms. The maximum absolute atomic E-state index is 12.0. The Morgan fingerprint density at radius 3 is 2.71 bits per heavy atom. The van der Waals surface area contributed by atoms with Gasteiger partial charge in [0.2, 0.25) is 5.91 Å². The summed E-state index contributed by atoms with van der Waals surface area (Å²) in [6, 6.07) is 15.9. The lowest BCUT2D eigenvalue weighted by atomic mass is 10.1. The van der Waals surface area contributed by atoms with Gasteiger partial charge in [-0.1, -0.05) is 54.7 Å². The summed E-state index contributed by atoms with van der Waals surface area (Å²) < 4.78 is 1.12. The van der Waals surface area contributed by atoms with Gasteiger partial charge in [0.25, 0.3) is 0 Å². The topological polar surface area (TPSA) is 42.0 Å². The molecule has 0 fully saturated rings. The fraction of sp³-hybridized carbons (Fsp3) is 0.176. The zero-order valence-electron chi connectivity index (χ0n) is 11.8.